The lowest BCUT2D eigenvalue weighted by Gasteiger charge is -2.27. The van der Waals surface area contributed by atoms with E-state index in [9.17, 15) is 39.5 Å². The van der Waals surface area contributed by atoms with E-state index < -0.39 is 24.4 Å². The van der Waals surface area contributed by atoms with Crippen LogP contribution < -0.4 is 0 Å². The third-order valence-corrected chi connectivity index (χ3v) is 1.05. The maximum absolute atomic E-state index is 11.6. The predicted octanol–water partition coefficient (Wildman–Crippen LogP) is 4.32. The summed E-state index contributed by atoms with van der Waals surface area (Å²) in [7, 11) is 0. The van der Waals surface area contributed by atoms with Crippen LogP contribution in [0.4, 0.5) is 39.5 Å². The van der Waals surface area contributed by atoms with Gasteiger partial charge >= 0.3 is 24.4 Å². The number of hydrogen-bond acceptors (Lipinski definition) is 0. The first-order valence-electron chi connectivity index (χ1n) is 2.55. The molecule has 0 aliphatic carbocycles. The average Bonchev–Trinajstić information content (AvgIpc) is 1.84. The maximum Gasteiger partial charge on any atom is 0.460 e. The van der Waals surface area contributed by atoms with Gasteiger partial charge in [-0.15, -0.1) is 48.0 Å². The zero-order valence-corrected chi connectivity index (χ0v) is 11.0. The summed E-state index contributed by atoms with van der Waals surface area (Å²) in [5.74, 6) is -13.1. The van der Waals surface area contributed by atoms with Gasteiger partial charge < -0.3 is 0 Å². The summed E-state index contributed by atoms with van der Waals surface area (Å²) in [4.78, 5) is 0. The Morgan fingerprint density at radius 1 is 0.667 bits per heavy atom. The number of alkyl halides is 9. The fraction of sp³-hybridized carbons (Fsp3) is 1.00. The molecule has 0 N–H and O–H groups in total. The summed E-state index contributed by atoms with van der Waals surface area (Å²) in [5.41, 5.74) is 0. The second-order valence-electron chi connectivity index (χ2n) is 2.00. The Kier molecular flexibility index (Phi) is 8.39. The highest BCUT2D eigenvalue weighted by Gasteiger charge is 2.76. The first kappa shape index (κ1) is 21.1. The topological polar surface area (TPSA) is 0 Å². The number of halogens is 11. The maximum atomic E-state index is 11.6. The van der Waals surface area contributed by atoms with Crippen molar-refractivity contribution in [2.75, 3.05) is 0 Å². The van der Waals surface area contributed by atoms with Crippen LogP contribution in [0.3, 0.4) is 0 Å². The molecule has 0 unspecified atom stereocenters. The minimum atomic E-state index is -6.73. The highest BCUT2D eigenvalue weighted by molar-refractivity contribution is 14.0. The van der Waals surface area contributed by atoms with Gasteiger partial charge in [0.2, 0.25) is 0 Å². The molecule has 0 aliphatic rings. The van der Waals surface area contributed by atoms with Gasteiger partial charge in [0.15, 0.2) is 0 Å². The highest BCUT2D eigenvalue weighted by Crippen LogP contribution is 2.48. The lowest BCUT2D eigenvalue weighted by molar-refractivity contribution is -0.375. The standard InChI is InChI=1S/C4HF9.2HI/c5-1(6)2(7,8)3(9,10)4(11,12)13;;/h1H;2*1H. The van der Waals surface area contributed by atoms with Crippen LogP contribution in [0.2, 0.25) is 0 Å². The first-order valence-corrected chi connectivity index (χ1v) is 2.55. The SMILES string of the molecule is FC(F)C(F)(F)C(F)(F)C(F)(F)F.I.I. The molecule has 0 saturated heterocycles. The Hall–Kier alpha value is 0.830. The Morgan fingerprint density at radius 2 is 0.933 bits per heavy atom. The monoisotopic (exact) mass is 476 g/mol. The van der Waals surface area contributed by atoms with Crippen LogP contribution in [0.25, 0.3) is 0 Å². The van der Waals surface area contributed by atoms with Crippen LogP contribution in [0, 0.1) is 0 Å². The van der Waals surface area contributed by atoms with Gasteiger partial charge in [-0.25, -0.2) is 8.78 Å². The van der Waals surface area contributed by atoms with Gasteiger partial charge in [-0.05, 0) is 0 Å². The molecular formula is C4H3F9I2. The molecule has 11 heteroatoms. The molecule has 0 nitrogen and oxygen atoms in total. The van der Waals surface area contributed by atoms with Crippen molar-refractivity contribution >= 4 is 48.0 Å². The Bertz CT molecular complexity index is 185. The largest absolute Gasteiger partial charge is 0.460 e. The van der Waals surface area contributed by atoms with Crippen LogP contribution in [0.5, 0.6) is 0 Å². The van der Waals surface area contributed by atoms with Gasteiger partial charge in [-0.2, -0.15) is 30.7 Å². The molecule has 0 aliphatic heterocycles. The molecule has 0 aromatic heterocycles. The second kappa shape index (κ2) is 5.95. The minimum Gasteiger partial charge on any atom is -0.203 e. The van der Waals surface area contributed by atoms with Crippen molar-refractivity contribution < 1.29 is 39.5 Å². The van der Waals surface area contributed by atoms with Gasteiger partial charge in [-0.3, -0.25) is 0 Å². The van der Waals surface area contributed by atoms with Crippen LogP contribution in [0.15, 0.2) is 0 Å². The van der Waals surface area contributed by atoms with Crippen molar-refractivity contribution in [3.8, 4) is 0 Å². The highest BCUT2D eigenvalue weighted by atomic mass is 127. The fourth-order valence-corrected chi connectivity index (χ4v) is 0.326. The molecule has 0 atom stereocenters. The van der Waals surface area contributed by atoms with E-state index in [1.807, 2.05) is 0 Å². The fourth-order valence-electron chi connectivity index (χ4n) is 0.326. The quantitative estimate of drug-likeness (QED) is 0.412. The van der Waals surface area contributed by atoms with E-state index in [0.29, 0.717) is 0 Å². The Morgan fingerprint density at radius 3 is 1.00 bits per heavy atom. The molecule has 0 aromatic rings. The summed E-state index contributed by atoms with van der Waals surface area (Å²) >= 11 is 0. The van der Waals surface area contributed by atoms with Crippen LogP contribution >= 0.6 is 48.0 Å². The van der Waals surface area contributed by atoms with E-state index in [-0.39, 0.29) is 48.0 Å². The van der Waals surface area contributed by atoms with Crippen LogP contribution in [-0.2, 0) is 0 Å². The summed E-state index contributed by atoms with van der Waals surface area (Å²) in [5, 5.41) is 0. The van der Waals surface area contributed by atoms with E-state index in [4.69, 9.17) is 0 Å². The molecule has 0 spiro atoms. The van der Waals surface area contributed by atoms with E-state index in [1.54, 1.807) is 0 Å². The third-order valence-electron chi connectivity index (χ3n) is 1.05. The van der Waals surface area contributed by atoms with Crippen LogP contribution in [-0.4, -0.2) is 24.4 Å². The molecule has 0 amide bonds. The van der Waals surface area contributed by atoms with Gasteiger partial charge in [0.05, 0.1) is 0 Å². The van der Waals surface area contributed by atoms with Crippen LogP contribution in [0.1, 0.15) is 0 Å². The van der Waals surface area contributed by atoms with Gasteiger partial charge in [0.25, 0.3) is 0 Å². The van der Waals surface area contributed by atoms with E-state index in [1.165, 1.54) is 0 Å². The lowest BCUT2D eigenvalue weighted by Crippen LogP contribution is -2.55. The third kappa shape index (κ3) is 3.96. The summed E-state index contributed by atoms with van der Waals surface area (Å²) in [6.07, 6.45) is -11.8. The van der Waals surface area contributed by atoms with Crippen molar-refractivity contribution in [2.45, 2.75) is 24.4 Å². The minimum absolute atomic E-state index is 0. The first-order chi connectivity index (χ1) is 5.44. The van der Waals surface area contributed by atoms with Gasteiger partial charge in [-0.1, -0.05) is 0 Å². The van der Waals surface area contributed by atoms with E-state index in [0.717, 1.165) is 0 Å². The Balaban J connectivity index is -0.000000720. The van der Waals surface area contributed by atoms with Crippen molar-refractivity contribution in [2.24, 2.45) is 0 Å². The molecule has 0 fully saturated rings. The summed E-state index contributed by atoms with van der Waals surface area (Å²) in [6, 6.07) is 0. The lowest BCUT2D eigenvalue weighted by atomic mass is 10.2. The molecule has 96 valence electrons. The van der Waals surface area contributed by atoms with Gasteiger partial charge in [0.1, 0.15) is 0 Å². The zero-order chi connectivity index (χ0) is 11.1. The Labute approximate surface area is 112 Å². The second-order valence-corrected chi connectivity index (χ2v) is 2.00. The smallest absolute Gasteiger partial charge is 0.203 e. The molecule has 15 heavy (non-hydrogen) atoms. The zero-order valence-electron chi connectivity index (χ0n) is 6.30. The van der Waals surface area contributed by atoms with E-state index in [2.05, 4.69) is 0 Å². The molecule has 0 radical (unpaired) electrons. The van der Waals surface area contributed by atoms with Crippen molar-refractivity contribution in [3.63, 3.8) is 0 Å². The molecular weight excluding hydrogens is 473 g/mol. The molecule has 0 heterocycles. The predicted molar refractivity (Wildman–Crippen MR) is 52.8 cm³/mol. The van der Waals surface area contributed by atoms with Crippen molar-refractivity contribution in [1.29, 1.82) is 0 Å². The van der Waals surface area contributed by atoms with Crippen molar-refractivity contribution in [1.82, 2.24) is 0 Å². The molecule has 0 rings (SSSR count). The number of hydrogen-bond donors (Lipinski definition) is 0. The molecule has 0 bridgehead atoms. The average molecular weight is 476 g/mol. The molecule has 0 saturated carbocycles. The normalized spacial score (nSPS) is 13.2. The molecule has 0 aromatic carbocycles. The van der Waals surface area contributed by atoms with Gasteiger partial charge in [0, 0.05) is 0 Å². The summed E-state index contributed by atoms with van der Waals surface area (Å²) in [6.45, 7) is 0. The number of rotatable bonds is 2. The van der Waals surface area contributed by atoms with E-state index >= 15 is 0 Å². The summed E-state index contributed by atoms with van der Waals surface area (Å²) < 4.78 is 102. The van der Waals surface area contributed by atoms with Crippen molar-refractivity contribution in [3.05, 3.63) is 0 Å².